The lowest BCUT2D eigenvalue weighted by molar-refractivity contribution is -0.00296. The second-order valence-electron chi connectivity index (χ2n) is 5.78. The van der Waals surface area contributed by atoms with Crippen LogP contribution < -0.4 is 0 Å². The van der Waals surface area contributed by atoms with E-state index < -0.39 is 0 Å². The number of carbonyl (C=O) groups is 1. The summed E-state index contributed by atoms with van der Waals surface area (Å²) in [5.74, 6) is 0.978. The summed E-state index contributed by atoms with van der Waals surface area (Å²) in [7, 11) is 0. The standard InChI is InChI=1S/C15H22BrNO3/c1-10(2)9-19-12-4-6-17(7-5-12)15(18)14-11(3)8-13(16)20-14/h8,10,12H,4-7,9H2,1-3H3. The normalized spacial score (nSPS) is 16.9. The number of furan rings is 1. The predicted molar refractivity (Wildman–Crippen MR) is 80.9 cm³/mol. The molecule has 0 aliphatic carbocycles. The first-order chi connectivity index (χ1) is 9.47. The zero-order valence-corrected chi connectivity index (χ0v) is 13.9. The van der Waals surface area contributed by atoms with Gasteiger partial charge in [0.15, 0.2) is 10.4 Å². The van der Waals surface area contributed by atoms with E-state index in [1.807, 2.05) is 17.9 Å². The molecule has 4 nitrogen and oxygen atoms in total. The molecule has 2 heterocycles. The number of ether oxygens (including phenoxy) is 1. The van der Waals surface area contributed by atoms with Gasteiger partial charge in [0.05, 0.1) is 6.10 Å². The van der Waals surface area contributed by atoms with E-state index in [0.717, 1.165) is 38.1 Å². The van der Waals surface area contributed by atoms with Crippen LogP contribution in [-0.4, -0.2) is 36.6 Å². The van der Waals surface area contributed by atoms with Gasteiger partial charge in [-0.2, -0.15) is 0 Å². The van der Waals surface area contributed by atoms with Crippen LogP contribution in [0.15, 0.2) is 15.2 Å². The summed E-state index contributed by atoms with van der Waals surface area (Å²) in [5.41, 5.74) is 0.875. The van der Waals surface area contributed by atoms with Crippen molar-refractivity contribution in [2.75, 3.05) is 19.7 Å². The highest BCUT2D eigenvalue weighted by Gasteiger charge is 2.27. The molecule has 0 N–H and O–H groups in total. The molecule has 0 bridgehead atoms. The molecule has 1 amide bonds. The number of rotatable bonds is 4. The molecule has 1 saturated heterocycles. The summed E-state index contributed by atoms with van der Waals surface area (Å²) in [6, 6.07) is 1.83. The van der Waals surface area contributed by atoms with Gasteiger partial charge in [-0.05, 0) is 47.7 Å². The molecule has 1 aliphatic heterocycles. The van der Waals surface area contributed by atoms with E-state index in [4.69, 9.17) is 9.15 Å². The predicted octanol–water partition coefficient (Wildman–Crippen LogP) is 3.63. The highest BCUT2D eigenvalue weighted by molar-refractivity contribution is 9.10. The van der Waals surface area contributed by atoms with E-state index >= 15 is 0 Å². The molecule has 1 aromatic heterocycles. The molecule has 1 aromatic rings. The molecule has 5 heteroatoms. The molecule has 112 valence electrons. The van der Waals surface area contributed by atoms with E-state index in [9.17, 15) is 4.79 Å². The minimum atomic E-state index is -0.0180. The van der Waals surface area contributed by atoms with Gasteiger partial charge in [-0.1, -0.05) is 13.8 Å². The van der Waals surface area contributed by atoms with Crippen LogP contribution in [0.1, 0.15) is 42.8 Å². The highest BCUT2D eigenvalue weighted by atomic mass is 79.9. The van der Waals surface area contributed by atoms with Crippen molar-refractivity contribution >= 4 is 21.8 Å². The van der Waals surface area contributed by atoms with E-state index in [2.05, 4.69) is 29.8 Å². The molecular weight excluding hydrogens is 322 g/mol. The Balaban J connectivity index is 1.87. The third-order valence-electron chi connectivity index (χ3n) is 3.48. The monoisotopic (exact) mass is 343 g/mol. The number of nitrogens with zero attached hydrogens (tertiary/aromatic N) is 1. The number of halogens is 1. The fourth-order valence-corrected chi connectivity index (χ4v) is 2.86. The average molecular weight is 344 g/mol. The smallest absolute Gasteiger partial charge is 0.289 e. The minimum absolute atomic E-state index is 0.0180. The van der Waals surface area contributed by atoms with Gasteiger partial charge in [-0.15, -0.1) is 0 Å². The molecule has 0 aromatic carbocycles. The lowest BCUT2D eigenvalue weighted by atomic mass is 10.1. The van der Waals surface area contributed by atoms with E-state index in [1.54, 1.807) is 0 Å². The van der Waals surface area contributed by atoms with Crippen LogP contribution in [0.4, 0.5) is 0 Å². The zero-order chi connectivity index (χ0) is 14.7. The van der Waals surface area contributed by atoms with Crippen LogP contribution in [0.5, 0.6) is 0 Å². The molecule has 0 spiro atoms. The van der Waals surface area contributed by atoms with Gasteiger partial charge in [0.2, 0.25) is 0 Å². The lowest BCUT2D eigenvalue weighted by Crippen LogP contribution is -2.41. The largest absolute Gasteiger partial charge is 0.444 e. The number of aryl methyl sites for hydroxylation is 1. The van der Waals surface area contributed by atoms with Crippen LogP contribution in [0.25, 0.3) is 0 Å². The fourth-order valence-electron chi connectivity index (χ4n) is 2.35. The number of hydrogen-bond acceptors (Lipinski definition) is 3. The van der Waals surface area contributed by atoms with Crippen molar-refractivity contribution in [3.63, 3.8) is 0 Å². The molecule has 0 unspecified atom stereocenters. The van der Waals surface area contributed by atoms with E-state index in [0.29, 0.717) is 16.3 Å². The van der Waals surface area contributed by atoms with Gasteiger partial charge in [0.25, 0.3) is 5.91 Å². The SMILES string of the molecule is Cc1cc(Br)oc1C(=O)N1CCC(OCC(C)C)CC1. The van der Waals surface area contributed by atoms with Crippen molar-refractivity contribution < 1.29 is 13.9 Å². The number of carbonyl (C=O) groups excluding carboxylic acids is 1. The van der Waals surface area contributed by atoms with Crippen LogP contribution in [-0.2, 0) is 4.74 Å². The molecule has 0 atom stereocenters. The maximum absolute atomic E-state index is 12.4. The van der Waals surface area contributed by atoms with Crippen molar-refractivity contribution in [1.29, 1.82) is 0 Å². The summed E-state index contributed by atoms with van der Waals surface area (Å²) >= 11 is 3.26. The van der Waals surface area contributed by atoms with Gasteiger partial charge in [-0.3, -0.25) is 4.79 Å². The van der Waals surface area contributed by atoms with Crippen molar-refractivity contribution in [3.05, 3.63) is 22.1 Å². The lowest BCUT2D eigenvalue weighted by Gasteiger charge is -2.31. The first-order valence-corrected chi connectivity index (χ1v) is 7.93. The Bertz CT molecular complexity index is 462. The van der Waals surface area contributed by atoms with Crippen molar-refractivity contribution in [2.45, 2.75) is 39.7 Å². The first-order valence-electron chi connectivity index (χ1n) is 7.14. The summed E-state index contributed by atoms with van der Waals surface area (Å²) in [6.07, 6.45) is 2.09. The van der Waals surface area contributed by atoms with Gasteiger partial charge in [0, 0.05) is 25.3 Å². The number of amides is 1. The third-order valence-corrected chi connectivity index (χ3v) is 3.87. The Morgan fingerprint density at radius 3 is 2.65 bits per heavy atom. The first kappa shape index (κ1) is 15.6. The maximum Gasteiger partial charge on any atom is 0.289 e. The molecule has 0 radical (unpaired) electrons. The molecule has 2 rings (SSSR count). The third kappa shape index (κ3) is 3.85. The fraction of sp³-hybridized carbons (Fsp3) is 0.667. The summed E-state index contributed by atoms with van der Waals surface area (Å²) < 4.78 is 11.9. The van der Waals surface area contributed by atoms with Crippen LogP contribution in [0.2, 0.25) is 0 Å². The van der Waals surface area contributed by atoms with Crippen LogP contribution in [0.3, 0.4) is 0 Å². The Hall–Kier alpha value is -0.810. The zero-order valence-electron chi connectivity index (χ0n) is 12.3. The van der Waals surface area contributed by atoms with Gasteiger partial charge in [-0.25, -0.2) is 0 Å². The number of piperidine rings is 1. The number of hydrogen-bond donors (Lipinski definition) is 0. The molecular formula is C15H22BrNO3. The second kappa shape index (κ2) is 6.76. The average Bonchev–Trinajstić information content (AvgIpc) is 2.75. The van der Waals surface area contributed by atoms with Crippen LogP contribution in [0, 0.1) is 12.8 Å². The Morgan fingerprint density at radius 1 is 1.50 bits per heavy atom. The van der Waals surface area contributed by atoms with E-state index in [1.165, 1.54) is 0 Å². The van der Waals surface area contributed by atoms with Crippen molar-refractivity contribution in [2.24, 2.45) is 5.92 Å². The molecule has 20 heavy (non-hydrogen) atoms. The Morgan fingerprint density at radius 2 is 2.15 bits per heavy atom. The van der Waals surface area contributed by atoms with Gasteiger partial charge < -0.3 is 14.1 Å². The topological polar surface area (TPSA) is 42.7 Å². The van der Waals surface area contributed by atoms with Crippen LogP contribution >= 0.6 is 15.9 Å². The Kier molecular flexibility index (Phi) is 5.27. The van der Waals surface area contributed by atoms with Crippen molar-refractivity contribution in [1.82, 2.24) is 4.90 Å². The van der Waals surface area contributed by atoms with Gasteiger partial charge >= 0.3 is 0 Å². The number of likely N-dealkylation sites (tertiary alicyclic amines) is 1. The van der Waals surface area contributed by atoms with Gasteiger partial charge in [0.1, 0.15) is 0 Å². The molecule has 1 fully saturated rings. The second-order valence-corrected chi connectivity index (χ2v) is 6.56. The summed E-state index contributed by atoms with van der Waals surface area (Å²) in [6.45, 7) is 8.45. The van der Waals surface area contributed by atoms with Crippen molar-refractivity contribution in [3.8, 4) is 0 Å². The summed E-state index contributed by atoms with van der Waals surface area (Å²) in [4.78, 5) is 14.2. The minimum Gasteiger partial charge on any atom is -0.444 e. The highest BCUT2D eigenvalue weighted by Crippen LogP contribution is 2.23. The molecule has 0 saturated carbocycles. The van der Waals surface area contributed by atoms with E-state index in [-0.39, 0.29) is 12.0 Å². The quantitative estimate of drug-likeness (QED) is 0.838. The Labute approximate surface area is 128 Å². The summed E-state index contributed by atoms with van der Waals surface area (Å²) in [5, 5.41) is 0. The molecule has 1 aliphatic rings. The maximum atomic E-state index is 12.4.